The van der Waals surface area contributed by atoms with Crippen LogP contribution < -0.4 is 10.6 Å². The quantitative estimate of drug-likeness (QED) is 0.392. The zero-order valence-corrected chi connectivity index (χ0v) is 18.5. The van der Waals surface area contributed by atoms with Gasteiger partial charge >= 0.3 is 5.97 Å². The van der Waals surface area contributed by atoms with Crippen molar-refractivity contribution < 1.29 is 9.90 Å². The lowest BCUT2D eigenvalue weighted by Gasteiger charge is -2.10. The van der Waals surface area contributed by atoms with Crippen molar-refractivity contribution in [3.8, 4) is 0 Å². The molecule has 3 heterocycles. The fourth-order valence-electron chi connectivity index (χ4n) is 3.20. The fraction of sp³-hybridized carbons (Fsp3) is 0.286. The van der Waals surface area contributed by atoms with E-state index in [1.165, 1.54) is 11.1 Å². The Labute approximate surface area is 183 Å². The Morgan fingerprint density at radius 1 is 1.16 bits per heavy atom. The lowest BCUT2D eigenvalue weighted by atomic mass is 10.1. The molecular weight excluding hydrogens is 414 g/mol. The number of nitrogens with zero attached hydrogens (tertiary/aromatic N) is 5. The van der Waals surface area contributed by atoms with Gasteiger partial charge in [-0.25, -0.2) is 14.8 Å². The number of aromatic nitrogens is 5. The van der Waals surface area contributed by atoms with Crippen LogP contribution in [0, 0.1) is 20.8 Å². The highest BCUT2D eigenvalue weighted by atomic mass is 32.1. The van der Waals surface area contributed by atoms with Crippen LogP contribution in [0.15, 0.2) is 24.5 Å². The Kier molecular flexibility index (Phi) is 5.55. The van der Waals surface area contributed by atoms with Gasteiger partial charge < -0.3 is 15.0 Å². The van der Waals surface area contributed by atoms with Gasteiger partial charge in [-0.05, 0) is 44.4 Å². The van der Waals surface area contributed by atoms with Crippen LogP contribution in [0.4, 0.5) is 16.9 Å². The van der Waals surface area contributed by atoms with Crippen LogP contribution in [0.25, 0.3) is 11.2 Å². The number of aryl methyl sites for hydroxylation is 4. The average molecular weight is 438 g/mol. The standard InChI is InChI=1S/C21H23N7O2S/c1-5-28-10-23-15-17(22-9-14-7-6-11(2)12(3)8-14)25-20(26-18(15)28)27-21-24-13(4)16(31-21)19(29)30/h6-8,10H,5,9H2,1-4H3,(H,29,30)(H2,22,24,25,26,27). The first kappa shape index (κ1) is 20.7. The third-order valence-corrected chi connectivity index (χ3v) is 6.11. The van der Waals surface area contributed by atoms with Crippen LogP contribution in [0.5, 0.6) is 0 Å². The number of aromatic carboxylic acids is 1. The summed E-state index contributed by atoms with van der Waals surface area (Å²) < 4.78 is 1.93. The number of hydrogen-bond donors (Lipinski definition) is 3. The third-order valence-electron chi connectivity index (χ3n) is 5.05. The number of carboxylic acids is 1. The van der Waals surface area contributed by atoms with Gasteiger partial charge in [-0.1, -0.05) is 29.5 Å². The summed E-state index contributed by atoms with van der Waals surface area (Å²) in [5.74, 6) is -0.0696. The van der Waals surface area contributed by atoms with E-state index in [4.69, 9.17) is 0 Å². The summed E-state index contributed by atoms with van der Waals surface area (Å²) in [6, 6.07) is 6.34. The monoisotopic (exact) mass is 437 g/mol. The van der Waals surface area contributed by atoms with Crippen molar-refractivity contribution in [2.75, 3.05) is 10.6 Å². The molecule has 0 unspecified atom stereocenters. The van der Waals surface area contributed by atoms with E-state index in [1.54, 1.807) is 13.3 Å². The number of rotatable bonds is 7. The van der Waals surface area contributed by atoms with Gasteiger partial charge in [0.15, 0.2) is 22.1 Å². The van der Waals surface area contributed by atoms with E-state index in [9.17, 15) is 9.90 Å². The Morgan fingerprint density at radius 3 is 2.65 bits per heavy atom. The van der Waals surface area contributed by atoms with E-state index in [0.29, 0.717) is 46.8 Å². The van der Waals surface area contributed by atoms with Gasteiger partial charge in [0, 0.05) is 13.1 Å². The van der Waals surface area contributed by atoms with Gasteiger partial charge in [-0.15, -0.1) is 0 Å². The second kappa shape index (κ2) is 8.31. The molecule has 0 aliphatic rings. The van der Waals surface area contributed by atoms with Gasteiger partial charge in [-0.2, -0.15) is 9.97 Å². The van der Waals surface area contributed by atoms with Crippen LogP contribution in [-0.2, 0) is 13.1 Å². The van der Waals surface area contributed by atoms with E-state index in [-0.39, 0.29) is 4.88 Å². The Hall–Kier alpha value is -3.53. The smallest absolute Gasteiger partial charge is 0.347 e. The topological polar surface area (TPSA) is 118 Å². The maximum Gasteiger partial charge on any atom is 0.347 e. The highest BCUT2D eigenvalue weighted by molar-refractivity contribution is 7.17. The molecule has 10 heteroatoms. The second-order valence-electron chi connectivity index (χ2n) is 7.23. The molecule has 3 aromatic heterocycles. The number of imidazole rings is 1. The summed E-state index contributed by atoms with van der Waals surface area (Å²) in [6.45, 7) is 9.16. The minimum Gasteiger partial charge on any atom is -0.477 e. The van der Waals surface area contributed by atoms with Crippen LogP contribution in [0.2, 0.25) is 0 Å². The summed E-state index contributed by atoms with van der Waals surface area (Å²) in [6.07, 6.45) is 1.74. The Bertz CT molecular complexity index is 1280. The first-order valence-electron chi connectivity index (χ1n) is 9.86. The van der Waals surface area contributed by atoms with E-state index in [0.717, 1.165) is 16.9 Å². The molecule has 0 amide bonds. The van der Waals surface area contributed by atoms with Gasteiger partial charge in [-0.3, -0.25) is 5.32 Å². The fourth-order valence-corrected chi connectivity index (χ4v) is 4.00. The molecule has 0 aliphatic heterocycles. The lowest BCUT2D eigenvalue weighted by molar-refractivity contribution is 0.0701. The molecule has 0 radical (unpaired) electrons. The minimum atomic E-state index is -1.00. The largest absolute Gasteiger partial charge is 0.477 e. The van der Waals surface area contributed by atoms with Gasteiger partial charge in [0.25, 0.3) is 0 Å². The molecule has 4 rings (SSSR count). The van der Waals surface area contributed by atoms with Crippen molar-refractivity contribution in [3.63, 3.8) is 0 Å². The molecule has 160 valence electrons. The molecule has 0 atom stereocenters. The number of anilines is 3. The van der Waals surface area contributed by atoms with Gasteiger partial charge in [0.2, 0.25) is 5.95 Å². The number of hydrogen-bond acceptors (Lipinski definition) is 8. The van der Waals surface area contributed by atoms with Crippen molar-refractivity contribution >= 4 is 45.4 Å². The van der Waals surface area contributed by atoms with Crippen molar-refractivity contribution in [2.45, 2.75) is 40.8 Å². The number of nitrogens with one attached hydrogen (secondary N) is 2. The predicted molar refractivity (Wildman–Crippen MR) is 121 cm³/mol. The van der Waals surface area contributed by atoms with Crippen LogP contribution in [-0.4, -0.2) is 35.6 Å². The van der Waals surface area contributed by atoms with E-state index in [2.05, 4.69) is 62.6 Å². The van der Waals surface area contributed by atoms with Crippen molar-refractivity contribution in [3.05, 3.63) is 51.8 Å². The molecule has 0 fully saturated rings. The van der Waals surface area contributed by atoms with E-state index in [1.807, 2.05) is 11.5 Å². The molecule has 0 bridgehead atoms. The molecular formula is C21H23N7O2S. The average Bonchev–Trinajstić information content (AvgIpc) is 3.31. The molecule has 0 saturated carbocycles. The van der Waals surface area contributed by atoms with Crippen LogP contribution >= 0.6 is 11.3 Å². The first-order valence-corrected chi connectivity index (χ1v) is 10.7. The molecule has 1 aromatic carbocycles. The molecule has 9 nitrogen and oxygen atoms in total. The van der Waals surface area contributed by atoms with Crippen molar-refractivity contribution in [1.82, 2.24) is 24.5 Å². The highest BCUT2D eigenvalue weighted by Crippen LogP contribution is 2.27. The summed E-state index contributed by atoms with van der Waals surface area (Å²) >= 11 is 1.05. The number of thiazole rings is 1. The van der Waals surface area contributed by atoms with Crippen molar-refractivity contribution in [1.29, 1.82) is 0 Å². The first-order chi connectivity index (χ1) is 14.9. The van der Waals surface area contributed by atoms with E-state index >= 15 is 0 Å². The van der Waals surface area contributed by atoms with Crippen LogP contribution in [0.3, 0.4) is 0 Å². The predicted octanol–water partition coefficient (Wildman–Crippen LogP) is 4.28. The molecule has 0 spiro atoms. The Balaban J connectivity index is 1.67. The number of fused-ring (bicyclic) bond motifs is 1. The maximum absolute atomic E-state index is 11.3. The van der Waals surface area contributed by atoms with Gasteiger partial charge in [0.05, 0.1) is 12.0 Å². The molecule has 3 N–H and O–H groups in total. The lowest BCUT2D eigenvalue weighted by Crippen LogP contribution is -2.07. The number of carboxylic acid groups (broad SMARTS) is 1. The second-order valence-corrected chi connectivity index (χ2v) is 8.23. The van der Waals surface area contributed by atoms with Crippen LogP contribution in [0.1, 0.15) is 39.0 Å². The SMILES string of the molecule is CCn1cnc2c(NCc3ccc(C)c(C)c3)nc(Nc3nc(C)c(C(=O)O)s3)nc21. The Morgan fingerprint density at radius 2 is 1.97 bits per heavy atom. The highest BCUT2D eigenvalue weighted by Gasteiger charge is 2.17. The van der Waals surface area contributed by atoms with Gasteiger partial charge in [0.1, 0.15) is 4.88 Å². The molecule has 31 heavy (non-hydrogen) atoms. The van der Waals surface area contributed by atoms with Crippen molar-refractivity contribution in [2.24, 2.45) is 0 Å². The molecule has 4 aromatic rings. The normalized spacial score (nSPS) is 11.1. The number of benzene rings is 1. The summed E-state index contributed by atoms with van der Waals surface area (Å²) in [5, 5.41) is 16.1. The summed E-state index contributed by atoms with van der Waals surface area (Å²) in [4.78, 5) is 29.4. The number of carbonyl (C=O) groups is 1. The zero-order valence-electron chi connectivity index (χ0n) is 17.7. The zero-order chi connectivity index (χ0) is 22.1. The third kappa shape index (κ3) is 4.19. The minimum absolute atomic E-state index is 0.190. The molecule has 0 saturated heterocycles. The summed E-state index contributed by atoms with van der Waals surface area (Å²) in [5.41, 5.74) is 5.44. The molecule has 0 aliphatic carbocycles. The summed E-state index contributed by atoms with van der Waals surface area (Å²) in [7, 11) is 0. The van der Waals surface area contributed by atoms with E-state index < -0.39 is 5.97 Å². The maximum atomic E-state index is 11.3.